The van der Waals surface area contributed by atoms with Crippen molar-refractivity contribution in [3.05, 3.63) is 59.7 Å². The highest BCUT2D eigenvalue weighted by Gasteiger charge is 2.16. The largest absolute Gasteiger partial charge is 0.372 e. The third kappa shape index (κ3) is 5.03. The first-order valence-electron chi connectivity index (χ1n) is 8.91. The molecule has 0 saturated carbocycles. The number of halogens is 2. The number of anilines is 2. The third-order valence-electron chi connectivity index (χ3n) is 4.49. The van der Waals surface area contributed by atoms with Crippen molar-refractivity contribution in [1.82, 2.24) is 5.32 Å². The Morgan fingerprint density at radius 3 is 2.37 bits per heavy atom. The van der Waals surface area contributed by atoms with Crippen LogP contribution in [0.25, 0.3) is 0 Å². The lowest BCUT2D eigenvalue weighted by Gasteiger charge is -2.17. The van der Waals surface area contributed by atoms with Crippen molar-refractivity contribution in [2.24, 2.45) is 0 Å². The molecule has 7 heteroatoms. The van der Waals surface area contributed by atoms with Crippen LogP contribution in [0.3, 0.4) is 0 Å². The average molecular weight is 373 g/mol. The third-order valence-corrected chi connectivity index (χ3v) is 4.49. The fourth-order valence-corrected chi connectivity index (χ4v) is 3.02. The number of hydrogen-bond donors (Lipinski definition) is 2. The molecule has 2 amide bonds. The minimum atomic E-state index is -1.04. The fraction of sp³-hybridized carbons (Fsp3) is 0.300. The van der Waals surface area contributed by atoms with Gasteiger partial charge in [0.05, 0.1) is 5.69 Å². The quantitative estimate of drug-likeness (QED) is 0.793. The summed E-state index contributed by atoms with van der Waals surface area (Å²) in [7, 11) is 0. The lowest BCUT2D eigenvalue weighted by Crippen LogP contribution is -2.36. The molecule has 0 spiro atoms. The van der Waals surface area contributed by atoms with Crippen molar-refractivity contribution in [1.29, 1.82) is 0 Å². The number of benzene rings is 2. The molecule has 0 radical (unpaired) electrons. The first kappa shape index (κ1) is 18.8. The Hall–Kier alpha value is -2.96. The zero-order chi connectivity index (χ0) is 19.2. The molecule has 2 N–H and O–H groups in total. The highest BCUT2D eigenvalue weighted by atomic mass is 19.1. The number of hydrogen-bond acceptors (Lipinski definition) is 3. The maximum absolute atomic E-state index is 13.5. The van der Waals surface area contributed by atoms with Gasteiger partial charge in [-0.3, -0.25) is 9.59 Å². The van der Waals surface area contributed by atoms with Gasteiger partial charge in [-0.1, -0.05) is 12.1 Å². The van der Waals surface area contributed by atoms with Crippen LogP contribution in [0.5, 0.6) is 0 Å². The Morgan fingerprint density at radius 1 is 0.963 bits per heavy atom. The van der Waals surface area contributed by atoms with Gasteiger partial charge in [0, 0.05) is 31.4 Å². The summed E-state index contributed by atoms with van der Waals surface area (Å²) in [4.78, 5) is 25.9. The molecule has 1 fully saturated rings. The number of nitrogens with one attached hydrogen (secondary N) is 2. The van der Waals surface area contributed by atoms with E-state index in [1.54, 1.807) is 0 Å². The van der Waals surface area contributed by atoms with Crippen molar-refractivity contribution in [3.63, 3.8) is 0 Å². The number of amides is 2. The van der Waals surface area contributed by atoms with Crippen LogP contribution in [0.2, 0.25) is 0 Å². The Morgan fingerprint density at radius 2 is 1.67 bits per heavy atom. The summed E-state index contributed by atoms with van der Waals surface area (Å²) < 4.78 is 26.6. The Balaban J connectivity index is 1.46. The van der Waals surface area contributed by atoms with Gasteiger partial charge in [0.15, 0.2) is 0 Å². The van der Waals surface area contributed by atoms with Gasteiger partial charge in [-0.15, -0.1) is 0 Å². The van der Waals surface area contributed by atoms with Crippen LogP contribution in [0.1, 0.15) is 18.4 Å². The number of carbonyl (C=O) groups is 2. The number of rotatable bonds is 5. The standard InChI is InChI=1S/C20H21F2N3O2/c21-15-5-8-17(22)18(13-15)24-20(27)19(26)23-10-9-14-3-6-16(7-4-14)25-11-1-2-12-25/h3-8,13H,1-2,9-12H2,(H,23,26)(H,24,27). The van der Waals surface area contributed by atoms with Gasteiger partial charge in [0.1, 0.15) is 11.6 Å². The van der Waals surface area contributed by atoms with E-state index in [-0.39, 0.29) is 12.2 Å². The second-order valence-corrected chi connectivity index (χ2v) is 6.44. The Kier molecular flexibility index (Phi) is 6.01. The molecular formula is C20H21F2N3O2. The van der Waals surface area contributed by atoms with Gasteiger partial charge in [-0.25, -0.2) is 8.78 Å². The monoisotopic (exact) mass is 373 g/mol. The van der Waals surface area contributed by atoms with E-state index in [1.807, 2.05) is 12.1 Å². The first-order valence-corrected chi connectivity index (χ1v) is 8.91. The smallest absolute Gasteiger partial charge is 0.313 e. The van der Waals surface area contributed by atoms with Crippen LogP contribution in [0, 0.1) is 11.6 Å². The molecular weight excluding hydrogens is 352 g/mol. The summed E-state index contributed by atoms with van der Waals surface area (Å²) in [6.07, 6.45) is 3.00. The summed E-state index contributed by atoms with van der Waals surface area (Å²) in [5.74, 6) is -3.45. The second kappa shape index (κ2) is 8.62. The summed E-state index contributed by atoms with van der Waals surface area (Å²) in [5.41, 5.74) is 1.86. The Labute approximate surface area is 156 Å². The minimum absolute atomic E-state index is 0.265. The van der Waals surface area contributed by atoms with Crippen molar-refractivity contribution >= 4 is 23.2 Å². The molecule has 27 heavy (non-hydrogen) atoms. The molecule has 5 nitrogen and oxygen atoms in total. The van der Waals surface area contributed by atoms with Crippen LogP contribution in [-0.2, 0) is 16.0 Å². The lowest BCUT2D eigenvalue weighted by atomic mass is 10.1. The number of nitrogens with zero attached hydrogens (tertiary/aromatic N) is 1. The molecule has 0 atom stereocenters. The predicted molar refractivity (Wildman–Crippen MR) is 99.6 cm³/mol. The Bertz CT molecular complexity index is 818. The summed E-state index contributed by atoms with van der Waals surface area (Å²) >= 11 is 0. The molecule has 142 valence electrons. The fourth-order valence-electron chi connectivity index (χ4n) is 3.02. The predicted octanol–water partition coefficient (Wildman–Crippen LogP) is 2.86. The van der Waals surface area contributed by atoms with Crippen LogP contribution < -0.4 is 15.5 Å². The van der Waals surface area contributed by atoms with Gasteiger partial charge >= 0.3 is 11.8 Å². The summed E-state index contributed by atoms with van der Waals surface area (Å²) in [6, 6.07) is 10.8. The molecule has 3 rings (SSSR count). The molecule has 2 aromatic rings. The van der Waals surface area contributed by atoms with Gasteiger partial charge in [-0.05, 0) is 49.1 Å². The highest BCUT2D eigenvalue weighted by molar-refractivity contribution is 6.39. The van der Waals surface area contributed by atoms with E-state index in [9.17, 15) is 18.4 Å². The van der Waals surface area contributed by atoms with E-state index in [4.69, 9.17) is 0 Å². The van der Waals surface area contributed by atoms with E-state index in [0.29, 0.717) is 6.42 Å². The molecule has 0 aromatic heterocycles. The molecule has 0 aliphatic carbocycles. The van der Waals surface area contributed by atoms with E-state index in [2.05, 4.69) is 27.7 Å². The van der Waals surface area contributed by atoms with Gasteiger partial charge in [-0.2, -0.15) is 0 Å². The first-order chi connectivity index (χ1) is 13.0. The van der Waals surface area contributed by atoms with Crippen molar-refractivity contribution < 1.29 is 18.4 Å². The molecule has 0 bridgehead atoms. The van der Waals surface area contributed by atoms with Crippen molar-refractivity contribution in [3.8, 4) is 0 Å². The zero-order valence-corrected chi connectivity index (χ0v) is 14.8. The summed E-state index contributed by atoms with van der Waals surface area (Å²) in [5, 5.41) is 4.54. The SMILES string of the molecule is O=C(NCCc1ccc(N2CCCC2)cc1)C(=O)Nc1cc(F)ccc1F. The number of carbonyl (C=O) groups excluding carboxylic acids is 2. The van der Waals surface area contributed by atoms with E-state index in [0.717, 1.165) is 36.9 Å². The molecule has 1 aliphatic rings. The van der Waals surface area contributed by atoms with Gasteiger partial charge < -0.3 is 15.5 Å². The molecule has 0 unspecified atom stereocenters. The van der Waals surface area contributed by atoms with Crippen LogP contribution in [0.15, 0.2) is 42.5 Å². The van der Waals surface area contributed by atoms with Crippen LogP contribution >= 0.6 is 0 Å². The maximum Gasteiger partial charge on any atom is 0.313 e. The maximum atomic E-state index is 13.5. The average Bonchev–Trinajstić information content (AvgIpc) is 3.20. The van der Waals surface area contributed by atoms with Crippen LogP contribution in [-0.4, -0.2) is 31.4 Å². The van der Waals surface area contributed by atoms with E-state index >= 15 is 0 Å². The van der Waals surface area contributed by atoms with Gasteiger partial charge in [0.2, 0.25) is 0 Å². The summed E-state index contributed by atoms with van der Waals surface area (Å²) in [6.45, 7) is 2.42. The van der Waals surface area contributed by atoms with E-state index < -0.39 is 23.4 Å². The molecule has 1 heterocycles. The normalized spacial score (nSPS) is 13.5. The zero-order valence-electron chi connectivity index (χ0n) is 14.8. The van der Waals surface area contributed by atoms with Crippen molar-refractivity contribution in [2.75, 3.05) is 29.9 Å². The van der Waals surface area contributed by atoms with Gasteiger partial charge in [0.25, 0.3) is 0 Å². The molecule has 1 aliphatic heterocycles. The molecule has 1 saturated heterocycles. The van der Waals surface area contributed by atoms with Crippen molar-refractivity contribution in [2.45, 2.75) is 19.3 Å². The lowest BCUT2D eigenvalue weighted by molar-refractivity contribution is -0.136. The van der Waals surface area contributed by atoms with Crippen LogP contribution in [0.4, 0.5) is 20.2 Å². The molecule has 2 aromatic carbocycles. The topological polar surface area (TPSA) is 61.4 Å². The highest BCUT2D eigenvalue weighted by Crippen LogP contribution is 2.20. The minimum Gasteiger partial charge on any atom is -0.372 e. The second-order valence-electron chi connectivity index (χ2n) is 6.44. The van der Waals surface area contributed by atoms with E-state index in [1.165, 1.54) is 18.5 Å².